The molecule has 2 N–H and O–H groups in total. The Morgan fingerprint density at radius 3 is 2.81 bits per heavy atom. The highest BCUT2D eigenvalue weighted by molar-refractivity contribution is 7.80. The molecule has 0 saturated heterocycles. The Hall–Kier alpha value is -1.91. The lowest BCUT2D eigenvalue weighted by molar-refractivity contribution is 0.204. The van der Waals surface area contributed by atoms with E-state index in [1.165, 1.54) is 22.3 Å². The number of anilines is 1. The molecule has 1 aliphatic rings. The van der Waals surface area contributed by atoms with E-state index in [9.17, 15) is 0 Å². The lowest BCUT2D eigenvalue weighted by Gasteiger charge is -2.11. The quantitative estimate of drug-likeness (QED) is 0.572. The molecule has 0 spiro atoms. The van der Waals surface area contributed by atoms with Crippen molar-refractivity contribution in [2.75, 3.05) is 25.6 Å². The largest absolute Gasteiger partial charge is 0.383 e. The summed E-state index contributed by atoms with van der Waals surface area (Å²) in [6.45, 7) is 1.35. The van der Waals surface area contributed by atoms with Gasteiger partial charge in [-0.05, 0) is 53.0 Å². The fourth-order valence-corrected chi connectivity index (χ4v) is 2.88. The Morgan fingerprint density at radius 2 is 1.95 bits per heavy atom. The SMILES string of the molecule is COCCNC(=S)Nc1ccc2c(c1)Cc1ccccc1-2. The summed E-state index contributed by atoms with van der Waals surface area (Å²) in [5.74, 6) is 0. The van der Waals surface area contributed by atoms with Crippen molar-refractivity contribution >= 4 is 23.0 Å². The monoisotopic (exact) mass is 298 g/mol. The number of rotatable bonds is 4. The van der Waals surface area contributed by atoms with E-state index in [0.717, 1.165) is 12.1 Å². The van der Waals surface area contributed by atoms with Gasteiger partial charge in [-0.25, -0.2) is 0 Å². The third kappa shape index (κ3) is 3.06. The Bertz CT molecular complexity index is 670. The second-order valence-corrected chi connectivity index (χ2v) is 5.49. The molecule has 4 heteroatoms. The molecule has 1 aliphatic carbocycles. The lowest BCUT2D eigenvalue weighted by Crippen LogP contribution is -2.31. The van der Waals surface area contributed by atoms with Crippen LogP contribution in [-0.2, 0) is 11.2 Å². The second kappa shape index (κ2) is 6.24. The average Bonchev–Trinajstić information content (AvgIpc) is 2.85. The maximum absolute atomic E-state index is 5.27. The summed E-state index contributed by atoms with van der Waals surface area (Å²) in [4.78, 5) is 0. The van der Waals surface area contributed by atoms with Gasteiger partial charge in [0.15, 0.2) is 5.11 Å². The average molecular weight is 298 g/mol. The summed E-state index contributed by atoms with van der Waals surface area (Å²) in [5.41, 5.74) is 6.44. The molecule has 108 valence electrons. The molecule has 0 atom stereocenters. The Morgan fingerprint density at radius 1 is 1.14 bits per heavy atom. The molecular formula is C17H18N2OS. The van der Waals surface area contributed by atoms with Gasteiger partial charge in [-0.15, -0.1) is 0 Å². The molecule has 0 amide bonds. The Labute approximate surface area is 130 Å². The molecule has 3 nitrogen and oxygen atoms in total. The van der Waals surface area contributed by atoms with Gasteiger partial charge in [0.2, 0.25) is 0 Å². The van der Waals surface area contributed by atoms with Gasteiger partial charge >= 0.3 is 0 Å². The Kier molecular flexibility index (Phi) is 4.18. The van der Waals surface area contributed by atoms with Crippen molar-refractivity contribution in [1.29, 1.82) is 0 Å². The first kappa shape index (κ1) is 14.0. The van der Waals surface area contributed by atoms with Gasteiger partial charge in [0, 0.05) is 19.3 Å². The summed E-state index contributed by atoms with van der Waals surface area (Å²) >= 11 is 5.27. The van der Waals surface area contributed by atoms with E-state index < -0.39 is 0 Å². The minimum Gasteiger partial charge on any atom is -0.383 e. The van der Waals surface area contributed by atoms with E-state index in [1.54, 1.807) is 7.11 Å². The molecule has 21 heavy (non-hydrogen) atoms. The maximum atomic E-state index is 5.27. The number of thiocarbonyl (C=S) groups is 1. The second-order valence-electron chi connectivity index (χ2n) is 5.08. The Balaban J connectivity index is 1.71. The molecule has 0 aliphatic heterocycles. The van der Waals surface area contributed by atoms with Crippen LogP contribution in [0.5, 0.6) is 0 Å². The highest BCUT2D eigenvalue weighted by Gasteiger charge is 2.17. The summed E-state index contributed by atoms with van der Waals surface area (Å²) in [6, 6.07) is 15.0. The van der Waals surface area contributed by atoms with Gasteiger partial charge in [0.25, 0.3) is 0 Å². The number of hydrogen-bond donors (Lipinski definition) is 2. The molecular weight excluding hydrogens is 280 g/mol. The van der Waals surface area contributed by atoms with Crippen LogP contribution >= 0.6 is 12.2 Å². The van der Waals surface area contributed by atoms with E-state index in [1.807, 2.05) is 0 Å². The van der Waals surface area contributed by atoms with E-state index in [0.29, 0.717) is 18.3 Å². The van der Waals surface area contributed by atoms with Gasteiger partial charge in [0.1, 0.15) is 0 Å². The van der Waals surface area contributed by atoms with Crippen LogP contribution in [0.15, 0.2) is 42.5 Å². The summed E-state index contributed by atoms with van der Waals surface area (Å²) in [5, 5.41) is 6.96. The summed E-state index contributed by atoms with van der Waals surface area (Å²) < 4.78 is 4.99. The van der Waals surface area contributed by atoms with Gasteiger partial charge in [0.05, 0.1) is 6.61 Å². The van der Waals surface area contributed by atoms with Crippen molar-refractivity contribution in [3.05, 3.63) is 53.6 Å². The topological polar surface area (TPSA) is 33.3 Å². The van der Waals surface area contributed by atoms with Crippen LogP contribution in [0.2, 0.25) is 0 Å². The van der Waals surface area contributed by atoms with Crippen LogP contribution in [0.25, 0.3) is 11.1 Å². The number of fused-ring (bicyclic) bond motifs is 3. The normalized spacial score (nSPS) is 11.7. The van der Waals surface area contributed by atoms with Gasteiger partial charge < -0.3 is 15.4 Å². The van der Waals surface area contributed by atoms with Crippen molar-refractivity contribution in [2.24, 2.45) is 0 Å². The van der Waals surface area contributed by atoms with Crippen molar-refractivity contribution in [3.63, 3.8) is 0 Å². The maximum Gasteiger partial charge on any atom is 0.170 e. The van der Waals surface area contributed by atoms with Crippen molar-refractivity contribution in [3.8, 4) is 11.1 Å². The molecule has 2 aromatic rings. The number of methoxy groups -OCH3 is 1. The lowest BCUT2D eigenvalue weighted by atomic mass is 10.1. The van der Waals surface area contributed by atoms with Crippen molar-refractivity contribution in [1.82, 2.24) is 5.32 Å². The molecule has 0 saturated carbocycles. The molecule has 3 rings (SSSR count). The molecule has 0 unspecified atom stereocenters. The first-order chi connectivity index (χ1) is 10.3. The standard InChI is InChI=1S/C17H18N2OS/c1-20-9-8-18-17(21)19-14-6-7-16-13(11-14)10-12-4-2-3-5-15(12)16/h2-7,11H,8-10H2,1H3,(H2,18,19,21). The fourth-order valence-electron chi connectivity index (χ4n) is 2.66. The van der Waals surface area contributed by atoms with Crippen LogP contribution in [0.3, 0.4) is 0 Å². The number of nitrogens with one attached hydrogen (secondary N) is 2. The number of ether oxygens (including phenoxy) is 1. The molecule has 0 aromatic heterocycles. The van der Waals surface area contributed by atoms with E-state index >= 15 is 0 Å². The van der Waals surface area contributed by atoms with E-state index in [2.05, 4.69) is 53.1 Å². The minimum atomic E-state index is 0.627. The molecule has 2 aromatic carbocycles. The fraction of sp³-hybridized carbons (Fsp3) is 0.235. The van der Waals surface area contributed by atoms with Gasteiger partial charge in [-0.3, -0.25) is 0 Å². The first-order valence-corrected chi connectivity index (χ1v) is 7.44. The predicted octanol–water partition coefficient (Wildman–Crippen LogP) is 3.19. The zero-order valence-corrected chi connectivity index (χ0v) is 12.8. The molecule has 0 heterocycles. The minimum absolute atomic E-state index is 0.627. The molecule has 0 bridgehead atoms. The van der Waals surface area contributed by atoms with E-state index in [4.69, 9.17) is 17.0 Å². The van der Waals surface area contributed by atoms with Crippen molar-refractivity contribution in [2.45, 2.75) is 6.42 Å². The third-order valence-electron chi connectivity index (χ3n) is 3.64. The van der Waals surface area contributed by atoms with Crippen molar-refractivity contribution < 1.29 is 4.74 Å². The van der Waals surface area contributed by atoms with Gasteiger partial charge in [-0.2, -0.15) is 0 Å². The summed E-state index contributed by atoms with van der Waals surface area (Å²) in [7, 11) is 1.68. The molecule has 0 radical (unpaired) electrons. The number of hydrogen-bond acceptors (Lipinski definition) is 2. The summed E-state index contributed by atoms with van der Waals surface area (Å²) in [6.07, 6.45) is 0.991. The van der Waals surface area contributed by atoms with Gasteiger partial charge in [-0.1, -0.05) is 30.3 Å². The van der Waals surface area contributed by atoms with Crippen LogP contribution < -0.4 is 10.6 Å². The van der Waals surface area contributed by atoms with Crippen LogP contribution in [-0.4, -0.2) is 25.4 Å². The highest BCUT2D eigenvalue weighted by Crippen LogP contribution is 2.37. The predicted molar refractivity (Wildman–Crippen MR) is 90.8 cm³/mol. The third-order valence-corrected chi connectivity index (χ3v) is 3.89. The molecule has 0 fully saturated rings. The van der Waals surface area contributed by atoms with E-state index in [-0.39, 0.29) is 0 Å². The first-order valence-electron chi connectivity index (χ1n) is 7.03. The zero-order chi connectivity index (χ0) is 14.7. The smallest absolute Gasteiger partial charge is 0.170 e. The van der Waals surface area contributed by atoms with Crippen LogP contribution in [0, 0.1) is 0 Å². The zero-order valence-electron chi connectivity index (χ0n) is 12.0. The van der Waals surface area contributed by atoms with Crippen LogP contribution in [0.1, 0.15) is 11.1 Å². The van der Waals surface area contributed by atoms with Crippen LogP contribution in [0.4, 0.5) is 5.69 Å². The highest BCUT2D eigenvalue weighted by atomic mass is 32.1. The number of benzene rings is 2.